The molecule has 1 heterocycles. The van der Waals surface area contributed by atoms with Crippen LogP contribution < -0.4 is 4.74 Å². The molecule has 0 N–H and O–H groups in total. The van der Waals surface area contributed by atoms with E-state index in [1.807, 2.05) is 0 Å². The van der Waals surface area contributed by atoms with Gasteiger partial charge in [0.2, 0.25) is 5.88 Å². The van der Waals surface area contributed by atoms with Crippen LogP contribution in [0, 0.1) is 0 Å². The Labute approximate surface area is 148 Å². The lowest BCUT2D eigenvalue weighted by Crippen LogP contribution is -2.15. The fourth-order valence-corrected chi connectivity index (χ4v) is 2.10. The molecule has 0 radical (unpaired) electrons. The molecule has 0 bridgehead atoms. The standard InChI is InChI=1S/C18H16F3NO4/c1-4-25-11(2)15-14(18(19,20)21)10-13(17(23)24-3)16(22-15)26-12-8-6-5-7-9-12/h5-10H,2,4H2,1,3H3. The van der Waals surface area contributed by atoms with Gasteiger partial charge in [-0.2, -0.15) is 13.2 Å². The Balaban J connectivity index is 2.65. The zero-order valence-electron chi connectivity index (χ0n) is 14.1. The second kappa shape index (κ2) is 7.90. The van der Waals surface area contributed by atoms with Crippen LogP contribution in [0.1, 0.15) is 28.5 Å². The number of alkyl halides is 3. The Morgan fingerprint density at radius 1 is 1.23 bits per heavy atom. The normalized spacial score (nSPS) is 11.0. The number of pyridine rings is 1. The topological polar surface area (TPSA) is 57.7 Å². The van der Waals surface area contributed by atoms with Crippen LogP contribution in [0.5, 0.6) is 11.6 Å². The second-order valence-electron chi connectivity index (χ2n) is 5.00. The number of methoxy groups -OCH3 is 1. The van der Waals surface area contributed by atoms with Crippen molar-refractivity contribution in [3.63, 3.8) is 0 Å². The maximum Gasteiger partial charge on any atom is 0.418 e. The minimum atomic E-state index is -4.78. The fourth-order valence-electron chi connectivity index (χ4n) is 2.10. The molecule has 0 amide bonds. The van der Waals surface area contributed by atoms with Gasteiger partial charge in [-0.05, 0) is 25.1 Å². The zero-order chi connectivity index (χ0) is 19.3. The van der Waals surface area contributed by atoms with E-state index in [0.29, 0.717) is 6.07 Å². The van der Waals surface area contributed by atoms with Crippen molar-refractivity contribution in [2.75, 3.05) is 13.7 Å². The van der Waals surface area contributed by atoms with E-state index in [4.69, 9.17) is 9.47 Å². The number of rotatable bonds is 6. The van der Waals surface area contributed by atoms with Gasteiger partial charge in [0.1, 0.15) is 22.8 Å². The molecule has 26 heavy (non-hydrogen) atoms. The molecule has 0 aliphatic heterocycles. The molecule has 0 saturated heterocycles. The Kier molecular flexibility index (Phi) is 5.86. The van der Waals surface area contributed by atoms with Crippen molar-refractivity contribution in [2.45, 2.75) is 13.1 Å². The first kappa shape index (κ1) is 19.3. The predicted molar refractivity (Wildman–Crippen MR) is 87.8 cm³/mol. The molecule has 0 aliphatic carbocycles. The number of ether oxygens (including phenoxy) is 3. The van der Waals surface area contributed by atoms with Gasteiger partial charge >= 0.3 is 12.1 Å². The van der Waals surface area contributed by atoms with E-state index in [1.165, 1.54) is 0 Å². The minimum Gasteiger partial charge on any atom is -0.492 e. The van der Waals surface area contributed by atoms with E-state index >= 15 is 0 Å². The van der Waals surface area contributed by atoms with E-state index in [1.54, 1.807) is 37.3 Å². The molecule has 138 valence electrons. The Morgan fingerprint density at radius 3 is 2.42 bits per heavy atom. The lowest BCUT2D eigenvalue weighted by Gasteiger charge is -2.17. The van der Waals surface area contributed by atoms with Gasteiger partial charge in [0.25, 0.3) is 0 Å². The number of halogens is 3. The monoisotopic (exact) mass is 367 g/mol. The summed E-state index contributed by atoms with van der Waals surface area (Å²) in [6.07, 6.45) is -4.78. The third-order valence-electron chi connectivity index (χ3n) is 3.24. The summed E-state index contributed by atoms with van der Waals surface area (Å²) in [7, 11) is 1.05. The van der Waals surface area contributed by atoms with Crippen LogP contribution in [-0.4, -0.2) is 24.7 Å². The lowest BCUT2D eigenvalue weighted by atomic mass is 10.1. The number of carbonyl (C=O) groups excluding carboxylic acids is 1. The van der Waals surface area contributed by atoms with E-state index < -0.39 is 29.0 Å². The van der Waals surface area contributed by atoms with Gasteiger partial charge in [-0.3, -0.25) is 0 Å². The molecule has 0 spiro atoms. The molecule has 8 heteroatoms. The maximum absolute atomic E-state index is 13.4. The van der Waals surface area contributed by atoms with Crippen molar-refractivity contribution in [1.82, 2.24) is 4.98 Å². The van der Waals surface area contributed by atoms with Crippen molar-refractivity contribution in [3.8, 4) is 11.6 Å². The van der Waals surface area contributed by atoms with Crippen LogP contribution in [0.15, 0.2) is 43.0 Å². The molecular weight excluding hydrogens is 351 g/mol. The van der Waals surface area contributed by atoms with E-state index in [2.05, 4.69) is 16.3 Å². The average molecular weight is 367 g/mol. The molecule has 1 aromatic carbocycles. The zero-order valence-corrected chi connectivity index (χ0v) is 14.1. The average Bonchev–Trinajstić information content (AvgIpc) is 2.61. The third kappa shape index (κ3) is 4.33. The smallest absolute Gasteiger partial charge is 0.418 e. The van der Waals surface area contributed by atoms with Gasteiger partial charge in [0.05, 0.1) is 19.3 Å². The summed E-state index contributed by atoms with van der Waals surface area (Å²) in [6.45, 7) is 5.18. The lowest BCUT2D eigenvalue weighted by molar-refractivity contribution is -0.138. The molecule has 5 nitrogen and oxygen atoms in total. The van der Waals surface area contributed by atoms with Crippen LogP contribution in [0.25, 0.3) is 5.76 Å². The fraction of sp³-hybridized carbons (Fsp3) is 0.222. The van der Waals surface area contributed by atoms with Crippen molar-refractivity contribution in [2.24, 2.45) is 0 Å². The molecule has 0 atom stereocenters. The Bertz CT molecular complexity index is 804. The highest BCUT2D eigenvalue weighted by molar-refractivity contribution is 5.92. The van der Waals surface area contributed by atoms with E-state index in [-0.39, 0.29) is 24.0 Å². The largest absolute Gasteiger partial charge is 0.492 e. The molecule has 0 saturated carbocycles. The number of esters is 1. The van der Waals surface area contributed by atoms with Gasteiger partial charge in [0, 0.05) is 0 Å². The molecule has 2 rings (SSSR count). The highest BCUT2D eigenvalue weighted by atomic mass is 19.4. The van der Waals surface area contributed by atoms with Crippen LogP contribution in [-0.2, 0) is 15.7 Å². The highest BCUT2D eigenvalue weighted by Crippen LogP contribution is 2.38. The van der Waals surface area contributed by atoms with E-state index in [9.17, 15) is 18.0 Å². The van der Waals surface area contributed by atoms with Crippen LogP contribution in [0.3, 0.4) is 0 Å². The van der Waals surface area contributed by atoms with E-state index in [0.717, 1.165) is 7.11 Å². The van der Waals surface area contributed by atoms with Crippen molar-refractivity contribution in [1.29, 1.82) is 0 Å². The number of hydrogen-bond donors (Lipinski definition) is 0. The Morgan fingerprint density at radius 2 is 1.88 bits per heavy atom. The molecule has 1 aromatic heterocycles. The first-order valence-corrected chi connectivity index (χ1v) is 7.53. The van der Waals surface area contributed by atoms with Gasteiger partial charge in [-0.25, -0.2) is 9.78 Å². The second-order valence-corrected chi connectivity index (χ2v) is 5.00. The van der Waals surface area contributed by atoms with Crippen molar-refractivity contribution >= 4 is 11.7 Å². The van der Waals surface area contributed by atoms with Gasteiger partial charge in [-0.1, -0.05) is 24.8 Å². The van der Waals surface area contributed by atoms with Crippen molar-refractivity contribution in [3.05, 3.63) is 59.8 Å². The number of hydrogen-bond acceptors (Lipinski definition) is 5. The van der Waals surface area contributed by atoms with Crippen LogP contribution in [0.2, 0.25) is 0 Å². The number of nitrogens with zero attached hydrogens (tertiary/aromatic N) is 1. The highest BCUT2D eigenvalue weighted by Gasteiger charge is 2.38. The molecule has 0 aliphatic rings. The first-order chi connectivity index (χ1) is 12.3. The predicted octanol–water partition coefficient (Wildman–Crippen LogP) is 4.69. The summed E-state index contributed by atoms with van der Waals surface area (Å²) in [6, 6.07) is 8.82. The van der Waals surface area contributed by atoms with Gasteiger partial charge in [0.15, 0.2) is 0 Å². The summed E-state index contributed by atoms with van der Waals surface area (Å²) >= 11 is 0. The summed E-state index contributed by atoms with van der Waals surface area (Å²) in [5.41, 5.74) is -2.19. The SMILES string of the molecule is C=C(OCC)c1nc(Oc2ccccc2)c(C(=O)OC)cc1C(F)(F)F. The third-order valence-corrected chi connectivity index (χ3v) is 3.24. The quantitative estimate of drug-likeness (QED) is 0.548. The summed E-state index contributed by atoms with van der Waals surface area (Å²) < 4.78 is 55.4. The van der Waals surface area contributed by atoms with Gasteiger partial charge < -0.3 is 14.2 Å². The molecule has 2 aromatic rings. The van der Waals surface area contributed by atoms with Crippen LogP contribution >= 0.6 is 0 Å². The van der Waals surface area contributed by atoms with Crippen molar-refractivity contribution < 1.29 is 32.2 Å². The first-order valence-electron chi connectivity index (χ1n) is 7.53. The summed E-state index contributed by atoms with van der Waals surface area (Å²) in [5.74, 6) is -1.35. The summed E-state index contributed by atoms with van der Waals surface area (Å²) in [4.78, 5) is 15.8. The number of para-hydroxylation sites is 1. The maximum atomic E-state index is 13.4. The molecule has 0 fully saturated rings. The molecule has 0 unspecified atom stereocenters. The van der Waals surface area contributed by atoms with Crippen LogP contribution in [0.4, 0.5) is 13.2 Å². The molecular formula is C18H16F3NO4. The van der Waals surface area contributed by atoms with Gasteiger partial charge in [-0.15, -0.1) is 0 Å². The minimum absolute atomic E-state index is 0.103. The number of benzene rings is 1. The number of aromatic nitrogens is 1. The Hall–Kier alpha value is -3.03. The number of carbonyl (C=O) groups is 1. The summed E-state index contributed by atoms with van der Waals surface area (Å²) in [5, 5.41) is 0.